The van der Waals surface area contributed by atoms with Crippen molar-refractivity contribution in [2.24, 2.45) is 5.92 Å². The molecule has 3 heterocycles. The van der Waals surface area contributed by atoms with E-state index in [4.69, 9.17) is 0 Å². The van der Waals surface area contributed by atoms with Crippen molar-refractivity contribution in [2.75, 3.05) is 31.1 Å². The third kappa shape index (κ3) is 5.10. The molecule has 3 aromatic rings. The molecule has 17 heteroatoms. The molecule has 1 aromatic carbocycles. The number of hydrogen-bond donors (Lipinski definition) is 1. The predicted molar refractivity (Wildman–Crippen MR) is 136 cm³/mol. The van der Waals surface area contributed by atoms with Crippen LogP contribution in [-0.4, -0.2) is 70.9 Å². The van der Waals surface area contributed by atoms with E-state index in [1.165, 1.54) is 6.07 Å². The van der Waals surface area contributed by atoms with Gasteiger partial charge in [-0.1, -0.05) is 25.2 Å². The molecule has 2 fully saturated rings. The number of piperazine rings is 1. The first-order valence-corrected chi connectivity index (χ1v) is 14.6. The van der Waals surface area contributed by atoms with E-state index in [2.05, 4.69) is 20.0 Å². The molecule has 0 radical (unpaired) electrons. The van der Waals surface area contributed by atoms with Crippen molar-refractivity contribution in [3.63, 3.8) is 0 Å². The minimum atomic E-state index is -4.31. The zero-order chi connectivity index (χ0) is 29.0. The van der Waals surface area contributed by atoms with Crippen LogP contribution in [0.15, 0.2) is 17.0 Å². The summed E-state index contributed by atoms with van der Waals surface area (Å²) in [5.74, 6) is -0.303. The number of aromatic nitrogens is 4. The first-order chi connectivity index (χ1) is 18.9. The number of carbonyl (C=O) groups is 1. The van der Waals surface area contributed by atoms with Crippen LogP contribution in [0, 0.1) is 17.2 Å². The molecule has 1 N–H and O–H groups in total. The first-order valence-electron chi connectivity index (χ1n) is 12.3. The van der Waals surface area contributed by atoms with Crippen LogP contribution in [-0.2, 0) is 14.8 Å². The number of benzene rings is 1. The Balaban J connectivity index is 1.67. The van der Waals surface area contributed by atoms with Gasteiger partial charge in [-0.2, -0.15) is 23.9 Å². The standard InChI is InChI=1S/C23H24F4N8O3S2/c1-12(2)21(36)34-7-5-33(6-8-34)15-10-13(40(37,38)32-23(11-28)3-4-23)9-14-16(31-35(17(14)15)22(26)27)19-29-30-20(39-19)18(24)25/h9-10,12,18,22,32H,3-8H2,1-2H3. The highest BCUT2D eigenvalue weighted by Crippen LogP contribution is 2.41. The van der Waals surface area contributed by atoms with Crippen molar-refractivity contribution in [1.82, 2.24) is 29.6 Å². The lowest BCUT2D eigenvalue weighted by Gasteiger charge is -2.37. The number of amides is 1. The van der Waals surface area contributed by atoms with Gasteiger partial charge in [-0.05, 0) is 25.0 Å². The maximum atomic E-state index is 14.3. The predicted octanol–water partition coefficient (Wildman–Crippen LogP) is 3.53. The first kappa shape index (κ1) is 28.2. The highest BCUT2D eigenvalue weighted by atomic mass is 32.2. The van der Waals surface area contributed by atoms with Crippen molar-refractivity contribution in [1.29, 1.82) is 5.26 Å². The topological polar surface area (TPSA) is 137 Å². The SMILES string of the molecule is CC(C)C(=O)N1CCN(c2cc(S(=O)(=O)NC3(C#N)CC3)cc3c(-c4nnc(C(F)F)s4)nn(C(F)F)c23)CC1. The molecule has 0 unspecified atom stereocenters. The van der Waals surface area contributed by atoms with Crippen LogP contribution in [0.2, 0.25) is 0 Å². The quantitative estimate of drug-likeness (QED) is 0.388. The van der Waals surface area contributed by atoms with E-state index in [1.807, 2.05) is 6.07 Å². The molecular weight excluding hydrogens is 576 g/mol. The van der Waals surface area contributed by atoms with Crippen LogP contribution >= 0.6 is 11.3 Å². The second-order valence-electron chi connectivity index (χ2n) is 9.92. The molecule has 1 saturated carbocycles. The van der Waals surface area contributed by atoms with Crippen molar-refractivity contribution < 1.29 is 30.8 Å². The molecule has 5 rings (SSSR count). The molecule has 40 heavy (non-hydrogen) atoms. The second kappa shape index (κ2) is 10.2. The van der Waals surface area contributed by atoms with E-state index in [9.17, 15) is 36.0 Å². The fourth-order valence-corrected chi connectivity index (χ4v) is 6.67. The van der Waals surface area contributed by atoms with E-state index >= 15 is 0 Å². The number of sulfonamides is 1. The lowest BCUT2D eigenvalue weighted by Crippen LogP contribution is -2.50. The van der Waals surface area contributed by atoms with Crippen LogP contribution in [0.3, 0.4) is 0 Å². The van der Waals surface area contributed by atoms with Crippen LogP contribution < -0.4 is 9.62 Å². The smallest absolute Gasteiger partial charge is 0.333 e. The summed E-state index contributed by atoms with van der Waals surface area (Å²) in [5, 5.41) is 19.6. The van der Waals surface area contributed by atoms with E-state index in [1.54, 1.807) is 23.6 Å². The largest absolute Gasteiger partial charge is 0.366 e. The number of nitrogens with one attached hydrogen (secondary N) is 1. The molecular formula is C23H24F4N8O3S2. The Kier molecular flexibility index (Phi) is 7.21. The normalized spacial score (nSPS) is 17.3. The number of hydrogen-bond acceptors (Lipinski definition) is 9. The Morgan fingerprint density at radius 3 is 2.33 bits per heavy atom. The molecule has 11 nitrogen and oxygen atoms in total. The average molecular weight is 601 g/mol. The average Bonchev–Trinajstić information content (AvgIpc) is 3.32. The molecule has 1 aliphatic heterocycles. The number of rotatable bonds is 8. The molecule has 1 saturated heterocycles. The number of fused-ring (bicyclic) bond motifs is 1. The van der Waals surface area contributed by atoms with Gasteiger partial charge in [0.05, 0.1) is 22.2 Å². The van der Waals surface area contributed by atoms with Gasteiger partial charge in [-0.15, -0.1) is 10.2 Å². The molecule has 0 bridgehead atoms. The van der Waals surface area contributed by atoms with Crippen LogP contribution in [0.4, 0.5) is 23.2 Å². The van der Waals surface area contributed by atoms with Gasteiger partial charge in [0.1, 0.15) is 11.2 Å². The van der Waals surface area contributed by atoms with Crippen LogP contribution in [0.5, 0.6) is 0 Å². The van der Waals surface area contributed by atoms with Crippen molar-refractivity contribution >= 4 is 43.9 Å². The molecule has 2 aromatic heterocycles. The van der Waals surface area contributed by atoms with Gasteiger partial charge >= 0.3 is 6.55 Å². The number of halogens is 4. The molecule has 0 atom stereocenters. The third-order valence-electron chi connectivity index (χ3n) is 6.80. The maximum Gasteiger partial charge on any atom is 0.333 e. The summed E-state index contributed by atoms with van der Waals surface area (Å²) in [6.07, 6.45) is -2.31. The minimum absolute atomic E-state index is 0.0577. The fraction of sp³-hybridized carbons (Fsp3) is 0.522. The number of nitriles is 1. The Hall–Kier alpha value is -3.36. The van der Waals surface area contributed by atoms with Crippen LogP contribution in [0.1, 0.15) is 44.7 Å². The van der Waals surface area contributed by atoms with Gasteiger partial charge in [0.25, 0.3) is 6.43 Å². The Bertz CT molecular complexity index is 1600. The molecule has 1 aliphatic carbocycles. The van der Waals surface area contributed by atoms with Gasteiger partial charge in [-0.3, -0.25) is 4.79 Å². The third-order valence-corrected chi connectivity index (χ3v) is 9.25. The van der Waals surface area contributed by atoms with Gasteiger partial charge in [0.2, 0.25) is 15.9 Å². The van der Waals surface area contributed by atoms with Gasteiger partial charge in [0.15, 0.2) is 10.0 Å². The number of alkyl halides is 4. The molecule has 1 amide bonds. The van der Waals surface area contributed by atoms with Crippen molar-refractivity contribution in [3.05, 3.63) is 17.1 Å². The summed E-state index contributed by atoms with van der Waals surface area (Å²) in [6, 6.07) is 4.30. The molecule has 214 valence electrons. The molecule has 0 spiro atoms. The second-order valence-corrected chi connectivity index (χ2v) is 12.6. The highest BCUT2D eigenvalue weighted by Gasteiger charge is 2.47. The van der Waals surface area contributed by atoms with Gasteiger partial charge in [-0.25, -0.2) is 21.9 Å². The maximum absolute atomic E-state index is 14.3. The summed E-state index contributed by atoms with van der Waals surface area (Å²) in [7, 11) is -4.31. The number of carbonyl (C=O) groups excluding carboxylic acids is 1. The van der Waals surface area contributed by atoms with Crippen LogP contribution in [0.25, 0.3) is 21.6 Å². The lowest BCUT2D eigenvalue weighted by atomic mass is 10.1. The minimum Gasteiger partial charge on any atom is -0.366 e. The summed E-state index contributed by atoms with van der Waals surface area (Å²) in [5.41, 5.74) is -1.50. The van der Waals surface area contributed by atoms with E-state index in [0.717, 1.165) is 6.07 Å². The van der Waals surface area contributed by atoms with Gasteiger partial charge < -0.3 is 9.80 Å². The Morgan fingerprint density at radius 1 is 1.12 bits per heavy atom. The zero-order valence-corrected chi connectivity index (χ0v) is 22.9. The Morgan fingerprint density at radius 2 is 1.80 bits per heavy atom. The lowest BCUT2D eigenvalue weighted by molar-refractivity contribution is -0.134. The Labute approximate surface area is 230 Å². The number of nitrogens with zero attached hydrogens (tertiary/aromatic N) is 7. The zero-order valence-electron chi connectivity index (χ0n) is 21.3. The van der Waals surface area contributed by atoms with E-state index < -0.39 is 33.5 Å². The number of anilines is 1. The fourth-order valence-electron chi connectivity index (χ4n) is 4.55. The monoisotopic (exact) mass is 600 g/mol. The summed E-state index contributed by atoms with van der Waals surface area (Å²) in [6.45, 7) is 1.35. The highest BCUT2D eigenvalue weighted by molar-refractivity contribution is 7.89. The summed E-state index contributed by atoms with van der Waals surface area (Å²) < 4.78 is 84.6. The van der Waals surface area contributed by atoms with Gasteiger partial charge in [0, 0.05) is 37.5 Å². The summed E-state index contributed by atoms with van der Waals surface area (Å²) >= 11 is 0.460. The van der Waals surface area contributed by atoms with Crippen molar-refractivity contribution in [3.8, 4) is 16.8 Å². The summed E-state index contributed by atoms with van der Waals surface area (Å²) in [4.78, 5) is 15.5. The van der Waals surface area contributed by atoms with Crippen molar-refractivity contribution in [2.45, 2.75) is 50.1 Å². The van der Waals surface area contributed by atoms with E-state index in [-0.39, 0.29) is 70.2 Å². The van der Waals surface area contributed by atoms with E-state index in [0.29, 0.717) is 28.9 Å². The molecule has 2 aliphatic rings.